The first-order valence-electron chi connectivity index (χ1n) is 5.57. The number of nitrogens with zero attached hydrogens (tertiary/aromatic N) is 1. The van der Waals surface area contributed by atoms with Crippen LogP contribution in [0.4, 0.5) is 5.69 Å². The number of para-hydroxylation sites is 1. The Morgan fingerprint density at radius 1 is 1.35 bits per heavy atom. The number of hydrogen-bond donors (Lipinski definition) is 1. The molecule has 2 rings (SSSR count). The van der Waals surface area contributed by atoms with Gasteiger partial charge in [0.05, 0.1) is 22.8 Å². The molecule has 0 radical (unpaired) electrons. The average molecular weight is 250 g/mol. The molecule has 0 amide bonds. The van der Waals surface area contributed by atoms with E-state index in [-0.39, 0.29) is 17.5 Å². The molecule has 1 aliphatic heterocycles. The third kappa shape index (κ3) is 2.98. The smallest absolute Gasteiger partial charge is 0.152 e. The van der Waals surface area contributed by atoms with Gasteiger partial charge in [0.25, 0.3) is 0 Å². The van der Waals surface area contributed by atoms with E-state index in [4.69, 9.17) is 5.26 Å². The van der Waals surface area contributed by atoms with Crippen LogP contribution in [-0.2, 0) is 9.84 Å². The van der Waals surface area contributed by atoms with Gasteiger partial charge in [0.1, 0.15) is 6.07 Å². The van der Waals surface area contributed by atoms with Gasteiger partial charge >= 0.3 is 0 Å². The number of benzene rings is 1. The SMILES string of the molecule is N#Cc1ccccc1NC1CCCS(=O)(=O)C1. The molecule has 1 N–H and O–H groups in total. The lowest BCUT2D eigenvalue weighted by Crippen LogP contribution is -2.34. The van der Waals surface area contributed by atoms with Crippen molar-refractivity contribution < 1.29 is 8.42 Å². The van der Waals surface area contributed by atoms with Crippen LogP contribution in [0, 0.1) is 11.3 Å². The fourth-order valence-corrected chi connectivity index (χ4v) is 3.70. The van der Waals surface area contributed by atoms with Crippen molar-refractivity contribution in [1.29, 1.82) is 5.26 Å². The zero-order valence-electron chi connectivity index (χ0n) is 9.39. The Bertz CT molecular complexity index is 546. The van der Waals surface area contributed by atoms with Crippen LogP contribution in [0.3, 0.4) is 0 Å². The first kappa shape index (κ1) is 11.9. The largest absolute Gasteiger partial charge is 0.380 e. The highest BCUT2D eigenvalue weighted by Crippen LogP contribution is 2.20. The number of sulfone groups is 1. The Labute approximate surface area is 101 Å². The molecule has 0 bridgehead atoms. The molecule has 1 atom stereocenters. The van der Waals surface area contributed by atoms with Crippen molar-refractivity contribution in [3.05, 3.63) is 29.8 Å². The molecule has 5 heteroatoms. The average Bonchev–Trinajstić information content (AvgIpc) is 2.28. The Hall–Kier alpha value is -1.54. The second-order valence-corrected chi connectivity index (χ2v) is 6.48. The molecule has 90 valence electrons. The molecule has 1 aliphatic rings. The summed E-state index contributed by atoms with van der Waals surface area (Å²) in [5.41, 5.74) is 1.27. The van der Waals surface area contributed by atoms with Crippen molar-refractivity contribution in [3.63, 3.8) is 0 Å². The van der Waals surface area contributed by atoms with E-state index in [0.717, 1.165) is 12.1 Å². The van der Waals surface area contributed by atoms with Gasteiger partial charge in [-0.25, -0.2) is 8.42 Å². The summed E-state index contributed by atoms with van der Waals surface area (Å²) < 4.78 is 23.0. The van der Waals surface area contributed by atoms with Crippen LogP contribution < -0.4 is 5.32 Å². The molecular formula is C12H14N2O2S. The zero-order chi connectivity index (χ0) is 12.3. The summed E-state index contributed by atoms with van der Waals surface area (Å²) >= 11 is 0. The van der Waals surface area contributed by atoms with E-state index in [9.17, 15) is 8.42 Å². The number of hydrogen-bond acceptors (Lipinski definition) is 4. The molecule has 17 heavy (non-hydrogen) atoms. The van der Waals surface area contributed by atoms with E-state index in [1.54, 1.807) is 18.2 Å². The van der Waals surface area contributed by atoms with Crippen molar-refractivity contribution >= 4 is 15.5 Å². The van der Waals surface area contributed by atoms with Crippen LogP contribution >= 0.6 is 0 Å². The summed E-state index contributed by atoms with van der Waals surface area (Å²) in [4.78, 5) is 0. The molecule has 0 aromatic heterocycles. The van der Waals surface area contributed by atoms with Gasteiger partial charge in [-0.3, -0.25) is 0 Å². The minimum absolute atomic E-state index is 0.0803. The molecule has 1 saturated heterocycles. The molecule has 0 saturated carbocycles. The molecule has 1 aromatic rings. The van der Waals surface area contributed by atoms with Crippen LogP contribution in [0.5, 0.6) is 0 Å². The first-order valence-corrected chi connectivity index (χ1v) is 7.39. The van der Waals surface area contributed by atoms with E-state index in [1.807, 2.05) is 6.07 Å². The lowest BCUT2D eigenvalue weighted by Gasteiger charge is -2.24. The van der Waals surface area contributed by atoms with Crippen molar-refractivity contribution in [2.75, 3.05) is 16.8 Å². The quantitative estimate of drug-likeness (QED) is 0.864. The van der Waals surface area contributed by atoms with Gasteiger partial charge in [-0.05, 0) is 25.0 Å². The number of anilines is 1. The third-order valence-electron chi connectivity index (χ3n) is 2.87. The van der Waals surface area contributed by atoms with Crippen molar-refractivity contribution in [2.45, 2.75) is 18.9 Å². The molecular weight excluding hydrogens is 236 g/mol. The second kappa shape index (κ2) is 4.76. The molecule has 4 nitrogen and oxygen atoms in total. The second-order valence-electron chi connectivity index (χ2n) is 4.26. The Kier molecular flexibility index (Phi) is 3.34. The highest BCUT2D eigenvalue weighted by atomic mass is 32.2. The van der Waals surface area contributed by atoms with E-state index in [1.165, 1.54) is 0 Å². The highest BCUT2D eigenvalue weighted by molar-refractivity contribution is 7.91. The summed E-state index contributed by atoms with van der Waals surface area (Å²) in [5.74, 6) is 0.442. The van der Waals surface area contributed by atoms with Crippen LogP contribution in [0.15, 0.2) is 24.3 Å². The Morgan fingerprint density at radius 3 is 2.82 bits per heavy atom. The summed E-state index contributed by atoms with van der Waals surface area (Å²) in [6.07, 6.45) is 1.52. The Balaban J connectivity index is 2.14. The maximum atomic E-state index is 11.5. The van der Waals surface area contributed by atoms with Gasteiger partial charge in [-0.2, -0.15) is 5.26 Å². The van der Waals surface area contributed by atoms with Crippen LogP contribution in [0.1, 0.15) is 18.4 Å². The topological polar surface area (TPSA) is 70.0 Å². The zero-order valence-corrected chi connectivity index (χ0v) is 10.2. The predicted octanol–water partition coefficient (Wildman–Crippen LogP) is 1.55. The van der Waals surface area contributed by atoms with Gasteiger partial charge in [0.15, 0.2) is 9.84 Å². The number of nitriles is 1. The normalized spacial score (nSPS) is 22.6. The van der Waals surface area contributed by atoms with Crippen molar-refractivity contribution in [3.8, 4) is 6.07 Å². The lowest BCUT2D eigenvalue weighted by atomic mass is 10.1. The standard InChI is InChI=1S/C12H14N2O2S/c13-8-10-4-1-2-6-12(10)14-11-5-3-7-17(15,16)9-11/h1-2,4,6,11,14H,3,5,7,9H2. The van der Waals surface area contributed by atoms with Gasteiger partial charge in [-0.1, -0.05) is 12.1 Å². The monoisotopic (exact) mass is 250 g/mol. The highest BCUT2D eigenvalue weighted by Gasteiger charge is 2.24. The third-order valence-corrected chi connectivity index (χ3v) is 4.69. The lowest BCUT2D eigenvalue weighted by molar-refractivity contribution is 0.562. The van der Waals surface area contributed by atoms with Gasteiger partial charge < -0.3 is 5.32 Å². The maximum Gasteiger partial charge on any atom is 0.152 e. The van der Waals surface area contributed by atoms with Gasteiger partial charge in [0, 0.05) is 6.04 Å². The van der Waals surface area contributed by atoms with Gasteiger partial charge in [0.2, 0.25) is 0 Å². The van der Waals surface area contributed by atoms with E-state index < -0.39 is 9.84 Å². The summed E-state index contributed by atoms with van der Waals surface area (Å²) in [7, 11) is -2.92. The minimum Gasteiger partial charge on any atom is -0.380 e. The van der Waals surface area contributed by atoms with E-state index >= 15 is 0 Å². The first-order chi connectivity index (χ1) is 8.11. The number of rotatable bonds is 2. The van der Waals surface area contributed by atoms with Crippen molar-refractivity contribution in [1.82, 2.24) is 0 Å². The molecule has 1 unspecified atom stereocenters. The van der Waals surface area contributed by atoms with Crippen LogP contribution in [0.25, 0.3) is 0 Å². The van der Waals surface area contributed by atoms with Crippen molar-refractivity contribution in [2.24, 2.45) is 0 Å². The minimum atomic E-state index is -2.92. The Morgan fingerprint density at radius 2 is 2.12 bits per heavy atom. The maximum absolute atomic E-state index is 11.5. The molecule has 1 aromatic carbocycles. The summed E-state index contributed by atoms with van der Waals surface area (Å²) in [6.45, 7) is 0. The summed E-state index contributed by atoms with van der Waals surface area (Å²) in [6, 6.07) is 9.17. The van der Waals surface area contributed by atoms with Crippen LogP contribution in [-0.4, -0.2) is 26.0 Å². The number of nitrogens with one attached hydrogen (secondary N) is 1. The summed E-state index contributed by atoms with van der Waals surface area (Å²) in [5, 5.41) is 12.1. The predicted molar refractivity (Wildman–Crippen MR) is 66.5 cm³/mol. The molecule has 0 aliphatic carbocycles. The molecule has 1 heterocycles. The fourth-order valence-electron chi connectivity index (χ4n) is 2.06. The van der Waals surface area contributed by atoms with E-state index in [2.05, 4.69) is 11.4 Å². The fraction of sp³-hybridized carbons (Fsp3) is 0.417. The molecule has 1 fully saturated rings. The van der Waals surface area contributed by atoms with Crippen LogP contribution in [0.2, 0.25) is 0 Å². The van der Waals surface area contributed by atoms with E-state index in [0.29, 0.717) is 12.0 Å². The molecule has 0 spiro atoms. The van der Waals surface area contributed by atoms with Gasteiger partial charge in [-0.15, -0.1) is 0 Å².